The van der Waals surface area contributed by atoms with Gasteiger partial charge in [-0.2, -0.15) is 5.10 Å². The Morgan fingerprint density at radius 1 is 1.30 bits per heavy atom. The van der Waals surface area contributed by atoms with Crippen LogP contribution >= 0.6 is 23.4 Å². The molecule has 2 aromatic heterocycles. The summed E-state index contributed by atoms with van der Waals surface area (Å²) in [4.78, 5) is 0. The predicted molar refractivity (Wildman–Crippen MR) is 76.8 cm³/mol. The van der Waals surface area contributed by atoms with Gasteiger partial charge in [-0.1, -0.05) is 30.3 Å². The second-order valence-corrected chi connectivity index (χ2v) is 5.39. The van der Waals surface area contributed by atoms with E-state index in [0.29, 0.717) is 17.5 Å². The van der Waals surface area contributed by atoms with E-state index in [2.05, 4.69) is 20.6 Å². The average molecular weight is 317 g/mol. The number of nitrogens with zero attached hydrogens (tertiary/aromatic N) is 6. The maximum Gasteiger partial charge on any atom is 0.209 e. The molecule has 0 atom stereocenters. The first-order valence-electron chi connectivity index (χ1n) is 6.45. The number of aliphatic hydroxyl groups is 1. The molecule has 0 aromatic carbocycles. The second-order valence-electron chi connectivity index (χ2n) is 4.07. The summed E-state index contributed by atoms with van der Waals surface area (Å²) < 4.78 is 3.49. The van der Waals surface area contributed by atoms with Crippen LogP contribution in [0.1, 0.15) is 25.2 Å². The molecule has 1 N–H and O–H groups in total. The van der Waals surface area contributed by atoms with Crippen LogP contribution in [0.4, 0.5) is 0 Å². The monoisotopic (exact) mass is 316 g/mol. The zero-order valence-corrected chi connectivity index (χ0v) is 13.0. The first-order valence-corrected chi connectivity index (χ1v) is 7.81. The van der Waals surface area contributed by atoms with Gasteiger partial charge in [0.05, 0.1) is 29.6 Å². The van der Waals surface area contributed by atoms with Crippen LogP contribution in [0.15, 0.2) is 5.16 Å². The Morgan fingerprint density at radius 2 is 2.10 bits per heavy atom. The van der Waals surface area contributed by atoms with Crippen molar-refractivity contribution >= 4 is 23.4 Å². The van der Waals surface area contributed by atoms with Crippen LogP contribution in [0, 0.1) is 0 Å². The molecule has 0 saturated heterocycles. The summed E-state index contributed by atoms with van der Waals surface area (Å²) in [5.74, 6) is 0.644. The van der Waals surface area contributed by atoms with Crippen molar-refractivity contribution in [3.63, 3.8) is 0 Å². The van der Waals surface area contributed by atoms with E-state index in [1.807, 2.05) is 18.5 Å². The van der Waals surface area contributed by atoms with Gasteiger partial charge in [-0.05, 0) is 23.8 Å². The van der Waals surface area contributed by atoms with Crippen LogP contribution in [0.2, 0.25) is 5.02 Å². The molecule has 0 radical (unpaired) electrons. The average Bonchev–Trinajstić information content (AvgIpc) is 3.01. The van der Waals surface area contributed by atoms with Crippen molar-refractivity contribution in [1.29, 1.82) is 0 Å². The van der Waals surface area contributed by atoms with Crippen molar-refractivity contribution in [3.8, 4) is 0 Å². The van der Waals surface area contributed by atoms with Crippen molar-refractivity contribution in [1.82, 2.24) is 30.0 Å². The van der Waals surface area contributed by atoms with E-state index in [-0.39, 0.29) is 6.61 Å². The Bertz CT molecular complexity index is 569. The molecule has 0 aliphatic rings. The molecule has 9 heteroatoms. The van der Waals surface area contributed by atoms with E-state index in [0.717, 1.165) is 29.4 Å². The number of halogens is 1. The molecule has 0 unspecified atom stereocenters. The number of aryl methyl sites for hydroxylation is 2. The lowest BCUT2D eigenvalue weighted by atomic mass is 10.3. The van der Waals surface area contributed by atoms with E-state index in [1.54, 1.807) is 4.68 Å². The van der Waals surface area contributed by atoms with Crippen LogP contribution < -0.4 is 0 Å². The molecule has 0 amide bonds. The number of rotatable bonds is 7. The van der Waals surface area contributed by atoms with Crippen molar-refractivity contribution in [3.05, 3.63) is 16.4 Å². The third-order valence-electron chi connectivity index (χ3n) is 2.84. The van der Waals surface area contributed by atoms with Gasteiger partial charge >= 0.3 is 0 Å². The minimum Gasteiger partial charge on any atom is -0.394 e. The molecule has 2 aromatic rings. The summed E-state index contributed by atoms with van der Waals surface area (Å²) in [6.45, 7) is 5.24. The molecular weight excluding hydrogens is 300 g/mol. The van der Waals surface area contributed by atoms with Crippen molar-refractivity contribution in [2.45, 2.75) is 44.3 Å². The van der Waals surface area contributed by atoms with E-state index in [1.165, 1.54) is 11.8 Å². The molecule has 0 fully saturated rings. The predicted octanol–water partition coefficient (Wildman–Crippen LogP) is 1.39. The standard InChI is InChI=1S/C11H17ClN6OS/c1-3-8-10(12)9(17(4-2)14-8)7-20-11-13-15-16-18(11)5-6-19/h19H,3-7H2,1-2H3. The van der Waals surface area contributed by atoms with E-state index in [9.17, 15) is 0 Å². The molecule has 0 aliphatic heterocycles. The van der Waals surface area contributed by atoms with Crippen molar-refractivity contribution in [2.75, 3.05) is 6.61 Å². The smallest absolute Gasteiger partial charge is 0.209 e. The molecule has 0 spiro atoms. The summed E-state index contributed by atoms with van der Waals surface area (Å²) in [5.41, 5.74) is 1.90. The highest BCUT2D eigenvalue weighted by molar-refractivity contribution is 7.98. The van der Waals surface area contributed by atoms with Gasteiger partial charge in [0.15, 0.2) is 0 Å². The summed E-state index contributed by atoms with van der Waals surface area (Å²) in [7, 11) is 0. The van der Waals surface area contributed by atoms with Gasteiger partial charge < -0.3 is 5.11 Å². The number of aromatic nitrogens is 6. The molecular formula is C11H17ClN6OS. The highest BCUT2D eigenvalue weighted by Crippen LogP contribution is 2.28. The number of hydrogen-bond donors (Lipinski definition) is 1. The van der Waals surface area contributed by atoms with Crippen molar-refractivity contribution < 1.29 is 5.11 Å². The third-order valence-corrected chi connectivity index (χ3v) is 4.25. The first kappa shape index (κ1) is 15.3. The molecule has 110 valence electrons. The van der Waals surface area contributed by atoms with Gasteiger partial charge in [0.1, 0.15) is 0 Å². The fourth-order valence-electron chi connectivity index (χ4n) is 1.82. The summed E-state index contributed by atoms with van der Waals surface area (Å²) in [6.07, 6.45) is 0.811. The minimum absolute atomic E-state index is 0.00618. The van der Waals surface area contributed by atoms with E-state index >= 15 is 0 Å². The van der Waals surface area contributed by atoms with E-state index < -0.39 is 0 Å². The Morgan fingerprint density at radius 3 is 2.75 bits per heavy atom. The normalized spacial score (nSPS) is 11.2. The maximum absolute atomic E-state index is 8.95. The first-order chi connectivity index (χ1) is 9.71. The maximum atomic E-state index is 8.95. The van der Waals surface area contributed by atoms with Crippen LogP contribution in [-0.2, 0) is 25.3 Å². The van der Waals surface area contributed by atoms with Gasteiger partial charge in [-0.15, -0.1) is 5.10 Å². The van der Waals surface area contributed by atoms with Crippen molar-refractivity contribution in [2.24, 2.45) is 0 Å². The van der Waals surface area contributed by atoms with Crippen LogP contribution in [0.5, 0.6) is 0 Å². The van der Waals surface area contributed by atoms with Gasteiger partial charge in [0, 0.05) is 12.3 Å². The quantitative estimate of drug-likeness (QED) is 0.777. The number of hydrogen-bond acceptors (Lipinski definition) is 6. The Labute approximate surface area is 126 Å². The summed E-state index contributed by atoms with van der Waals surface area (Å²) >= 11 is 7.84. The highest BCUT2D eigenvalue weighted by Gasteiger charge is 2.16. The SMILES string of the molecule is CCc1nn(CC)c(CSc2nnnn2CCO)c1Cl. The molecule has 0 saturated carbocycles. The fraction of sp³-hybridized carbons (Fsp3) is 0.636. The molecule has 20 heavy (non-hydrogen) atoms. The molecule has 0 aliphatic carbocycles. The van der Waals surface area contributed by atoms with Gasteiger partial charge in [0.25, 0.3) is 0 Å². The molecule has 2 rings (SSSR count). The second kappa shape index (κ2) is 7.05. The highest BCUT2D eigenvalue weighted by atomic mass is 35.5. The number of tetrazole rings is 1. The lowest BCUT2D eigenvalue weighted by Gasteiger charge is -2.05. The molecule has 7 nitrogen and oxygen atoms in total. The number of thioether (sulfide) groups is 1. The number of aliphatic hydroxyl groups excluding tert-OH is 1. The summed E-state index contributed by atoms with van der Waals surface area (Å²) in [6, 6.07) is 0. The Hall–Kier alpha value is -1.12. The van der Waals surface area contributed by atoms with Crippen LogP contribution in [0.3, 0.4) is 0 Å². The molecule has 2 heterocycles. The van der Waals surface area contributed by atoms with E-state index in [4.69, 9.17) is 16.7 Å². The van der Waals surface area contributed by atoms with Crippen LogP contribution in [-0.4, -0.2) is 41.7 Å². The minimum atomic E-state index is 0.00618. The summed E-state index contributed by atoms with van der Waals surface area (Å²) in [5, 5.41) is 26.2. The fourth-order valence-corrected chi connectivity index (χ4v) is 3.17. The Kier molecular flexibility index (Phi) is 5.38. The third kappa shape index (κ3) is 3.13. The molecule has 0 bridgehead atoms. The zero-order valence-electron chi connectivity index (χ0n) is 11.5. The van der Waals surface area contributed by atoms with Crippen LogP contribution in [0.25, 0.3) is 0 Å². The lowest BCUT2D eigenvalue weighted by molar-refractivity contribution is 0.262. The van der Waals surface area contributed by atoms with Gasteiger partial charge in [-0.25, -0.2) is 4.68 Å². The zero-order chi connectivity index (χ0) is 14.5. The largest absolute Gasteiger partial charge is 0.394 e. The van der Waals surface area contributed by atoms with Gasteiger partial charge in [0.2, 0.25) is 5.16 Å². The topological polar surface area (TPSA) is 81.7 Å². The Balaban J connectivity index is 2.14. The van der Waals surface area contributed by atoms with Gasteiger partial charge in [-0.3, -0.25) is 4.68 Å². The lowest BCUT2D eigenvalue weighted by Crippen LogP contribution is -2.06.